The molecule has 1 aliphatic carbocycles. The minimum absolute atomic E-state index is 0.272. The fraction of sp³-hybridized carbons (Fsp3) is 0.0857. The number of benzene rings is 5. The lowest BCUT2D eigenvalue weighted by Gasteiger charge is -2.22. The summed E-state index contributed by atoms with van der Waals surface area (Å²) in [6.45, 7) is 4.39. The Morgan fingerprint density at radius 3 is 2.05 bits per heavy atom. The minimum atomic E-state index is -1.50. The fourth-order valence-electron chi connectivity index (χ4n) is 6.04. The highest BCUT2D eigenvalue weighted by Crippen LogP contribution is 2.52. The van der Waals surface area contributed by atoms with Gasteiger partial charge in [-0.1, -0.05) is 117 Å². The first kappa shape index (κ1) is 24.5. The van der Waals surface area contributed by atoms with Crippen molar-refractivity contribution in [3.63, 3.8) is 0 Å². The van der Waals surface area contributed by atoms with Gasteiger partial charge in [0.15, 0.2) is 5.82 Å². The molecule has 0 aliphatic heterocycles. The Bertz CT molecular complexity index is 1900. The topological polar surface area (TPSA) is 66.2 Å². The zero-order valence-electron chi connectivity index (χ0n) is 22.3. The third-order valence-corrected chi connectivity index (χ3v) is 8.11. The van der Waals surface area contributed by atoms with Crippen molar-refractivity contribution in [2.75, 3.05) is 0 Å². The van der Waals surface area contributed by atoms with Gasteiger partial charge in [-0.2, -0.15) is 0 Å². The quantitative estimate of drug-likeness (QED) is 0.258. The standard InChI is InChI=1S/C35H27BN2O2/c1-35(2)29-15-9-14-26(32(29)27-19-17-25(36(39)40)21-30(27)35)24-16-18-28-31(20-24)37-34(23-12-7-4-8-13-23)38-33(28)22-10-5-3-6-11-22/h3-21,39-40H,1-2H3. The van der Waals surface area contributed by atoms with Crippen LogP contribution in [0.1, 0.15) is 25.0 Å². The molecule has 4 nitrogen and oxygen atoms in total. The number of nitrogens with zero attached hydrogens (tertiary/aromatic N) is 2. The smallest absolute Gasteiger partial charge is 0.423 e. The van der Waals surface area contributed by atoms with Gasteiger partial charge >= 0.3 is 7.12 Å². The number of hydrogen-bond acceptors (Lipinski definition) is 4. The van der Waals surface area contributed by atoms with E-state index in [9.17, 15) is 10.0 Å². The maximum atomic E-state index is 9.83. The van der Waals surface area contributed by atoms with E-state index in [1.165, 1.54) is 11.1 Å². The molecule has 192 valence electrons. The number of rotatable bonds is 4. The maximum absolute atomic E-state index is 9.83. The van der Waals surface area contributed by atoms with Crippen LogP contribution in [-0.2, 0) is 5.41 Å². The minimum Gasteiger partial charge on any atom is -0.423 e. The van der Waals surface area contributed by atoms with Crippen molar-refractivity contribution >= 4 is 23.5 Å². The van der Waals surface area contributed by atoms with E-state index in [0.717, 1.165) is 50.0 Å². The van der Waals surface area contributed by atoms with Crippen molar-refractivity contribution in [3.8, 4) is 44.9 Å². The van der Waals surface area contributed by atoms with E-state index in [1.807, 2.05) is 60.7 Å². The summed E-state index contributed by atoms with van der Waals surface area (Å²) in [5.74, 6) is 0.698. The van der Waals surface area contributed by atoms with Gasteiger partial charge in [0.1, 0.15) is 0 Å². The Kier molecular flexibility index (Phi) is 5.67. The van der Waals surface area contributed by atoms with Crippen LogP contribution in [0.25, 0.3) is 55.8 Å². The van der Waals surface area contributed by atoms with E-state index in [-0.39, 0.29) is 5.41 Å². The molecule has 0 fully saturated rings. The molecule has 5 aromatic carbocycles. The van der Waals surface area contributed by atoms with Gasteiger partial charge in [-0.05, 0) is 51.0 Å². The highest BCUT2D eigenvalue weighted by atomic mass is 16.4. The van der Waals surface area contributed by atoms with E-state index < -0.39 is 7.12 Å². The van der Waals surface area contributed by atoms with Gasteiger partial charge in [0.2, 0.25) is 0 Å². The molecule has 1 aromatic heterocycles. The number of hydrogen-bond donors (Lipinski definition) is 2. The molecule has 0 saturated heterocycles. The normalized spacial score (nSPS) is 13.2. The van der Waals surface area contributed by atoms with E-state index in [1.54, 1.807) is 6.07 Å². The Labute approximate surface area is 233 Å². The Morgan fingerprint density at radius 2 is 1.32 bits per heavy atom. The van der Waals surface area contributed by atoms with E-state index in [4.69, 9.17) is 9.97 Å². The second-order valence-corrected chi connectivity index (χ2v) is 10.9. The first-order valence-electron chi connectivity index (χ1n) is 13.5. The summed E-state index contributed by atoms with van der Waals surface area (Å²) in [4.78, 5) is 10.1. The first-order chi connectivity index (χ1) is 19.4. The van der Waals surface area contributed by atoms with Crippen LogP contribution in [0.4, 0.5) is 0 Å². The average Bonchev–Trinajstić information content (AvgIpc) is 3.23. The van der Waals surface area contributed by atoms with Crippen LogP contribution in [0.3, 0.4) is 0 Å². The molecule has 7 rings (SSSR count). The second-order valence-electron chi connectivity index (χ2n) is 10.9. The molecule has 0 spiro atoms. The summed E-state index contributed by atoms with van der Waals surface area (Å²) in [5.41, 5.74) is 10.9. The highest BCUT2D eigenvalue weighted by molar-refractivity contribution is 6.58. The van der Waals surface area contributed by atoms with Crippen molar-refractivity contribution in [3.05, 3.63) is 126 Å². The fourth-order valence-corrected chi connectivity index (χ4v) is 6.04. The second kappa shape index (κ2) is 9.27. The molecule has 1 heterocycles. The van der Waals surface area contributed by atoms with Crippen LogP contribution in [0.15, 0.2) is 115 Å². The first-order valence-corrected chi connectivity index (χ1v) is 13.5. The van der Waals surface area contributed by atoms with Crippen LogP contribution < -0.4 is 5.46 Å². The zero-order valence-corrected chi connectivity index (χ0v) is 22.3. The summed E-state index contributed by atoms with van der Waals surface area (Å²) >= 11 is 0. The Morgan fingerprint density at radius 1 is 0.600 bits per heavy atom. The molecule has 2 N–H and O–H groups in total. The maximum Gasteiger partial charge on any atom is 0.488 e. The molecule has 1 aliphatic rings. The van der Waals surface area contributed by atoms with E-state index in [2.05, 4.69) is 62.4 Å². The molecule has 0 unspecified atom stereocenters. The molecule has 0 amide bonds. The highest BCUT2D eigenvalue weighted by Gasteiger charge is 2.37. The van der Waals surface area contributed by atoms with Crippen LogP contribution in [-0.4, -0.2) is 27.1 Å². The molecule has 0 bridgehead atoms. The predicted molar refractivity (Wildman–Crippen MR) is 163 cm³/mol. The molecule has 6 aromatic rings. The van der Waals surface area contributed by atoms with Crippen molar-refractivity contribution in [1.82, 2.24) is 9.97 Å². The third kappa shape index (κ3) is 3.86. The summed E-state index contributed by atoms with van der Waals surface area (Å²) in [6.07, 6.45) is 0. The molecule has 0 radical (unpaired) electrons. The van der Waals surface area contributed by atoms with Crippen molar-refractivity contribution in [2.24, 2.45) is 0 Å². The average molecular weight is 518 g/mol. The predicted octanol–water partition coefficient (Wildman–Crippen LogP) is 6.62. The van der Waals surface area contributed by atoms with Crippen LogP contribution in [0.5, 0.6) is 0 Å². The van der Waals surface area contributed by atoms with Crippen LogP contribution in [0, 0.1) is 0 Å². The molecule has 0 saturated carbocycles. The van der Waals surface area contributed by atoms with Gasteiger partial charge in [0, 0.05) is 21.9 Å². The van der Waals surface area contributed by atoms with Gasteiger partial charge in [-0.15, -0.1) is 0 Å². The number of fused-ring (bicyclic) bond motifs is 4. The third-order valence-electron chi connectivity index (χ3n) is 8.11. The van der Waals surface area contributed by atoms with Crippen molar-refractivity contribution in [2.45, 2.75) is 19.3 Å². The van der Waals surface area contributed by atoms with E-state index in [0.29, 0.717) is 11.3 Å². The molecular formula is C35H27BN2O2. The van der Waals surface area contributed by atoms with Crippen LogP contribution in [0.2, 0.25) is 0 Å². The molecule has 40 heavy (non-hydrogen) atoms. The van der Waals surface area contributed by atoms with Gasteiger partial charge in [-0.3, -0.25) is 0 Å². The molecule has 5 heteroatoms. The molecular weight excluding hydrogens is 491 g/mol. The summed E-state index contributed by atoms with van der Waals surface area (Å²) in [5, 5.41) is 20.7. The van der Waals surface area contributed by atoms with Gasteiger partial charge in [-0.25, -0.2) is 9.97 Å². The Balaban J connectivity index is 1.46. The van der Waals surface area contributed by atoms with Gasteiger partial charge < -0.3 is 10.0 Å². The Hall–Kier alpha value is -4.58. The summed E-state index contributed by atoms with van der Waals surface area (Å²) < 4.78 is 0. The van der Waals surface area contributed by atoms with Crippen LogP contribution >= 0.6 is 0 Å². The SMILES string of the molecule is CC1(C)c2cc(B(O)O)ccc2-c2c(-c3ccc4c(-c5ccccc5)nc(-c5ccccc5)nc4c3)cccc21. The lowest BCUT2D eigenvalue weighted by Crippen LogP contribution is -2.31. The monoisotopic (exact) mass is 518 g/mol. The van der Waals surface area contributed by atoms with Gasteiger partial charge in [0.05, 0.1) is 11.2 Å². The molecule has 0 atom stereocenters. The lowest BCUT2D eigenvalue weighted by atomic mass is 9.75. The summed E-state index contributed by atoms with van der Waals surface area (Å²) in [6, 6.07) is 39.0. The largest absolute Gasteiger partial charge is 0.488 e. The van der Waals surface area contributed by atoms with Gasteiger partial charge in [0.25, 0.3) is 0 Å². The van der Waals surface area contributed by atoms with Crippen molar-refractivity contribution in [1.29, 1.82) is 0 Å². The zero-order chi connectivity index (χ0) is 27.4. The van der Waals surface area contributed by atoms with Crippen molar-refractivity contribution < 1.29 is 10.0 Å². The number of aromatic nitrogens is 2. The summed E-state index contributed by atoms with van der Waals surface area (Å²) in [7, 11) is -1.50. The lowest BCUT2D eigenvalue weighted by molar-refractivity contribution is 0.425. The van der Waals surface area contributed by atoms with E-state index >= 15 is 0 Å².